The maximum absolute atomic E-state index is 12.5. The number of H-pyrrole nitrogens is 1. The minimum absolute atomic E-state index is 0.0930. The van der Waals surface area contributed by atoms with Crippen molar-refractivity contribution in [3.8, 4) is 0 Å². The Kier molecular flexibility index (Phi) is 5.48. The van der Waals surface area contributed by atoms with Crippen molar-refractivity contribution >= 4 is 17.7 Å². The van der Waals surface area contributed by atoms with Crippen molar-refractivity contribution in [2.45, 2.75) is 19.9 Å². The second kappa shape index (κ2) is 7.13. The Labute approximate surface area is 125 Å². The summed E-state index contributed by atoms with van der Waals surface area (Å²) >= 11 is 1.73. The van der Waals surface area contributed by atoms with Gasteiger partial charge in [0.05, 0.1) is 6.04 Å². The molecule has 0 aromatic carbocycles. The van der Waals surface area contributed by atoms with Gasteiger partial charge in [-0.2, -0.15) is 11.8 Å². The maximum atomic E-state index is 12.5. The predicted molar refractivity (Wildman–Crippen MR) is 82.7 cm³/mol. The first kappa shape index (κ1) is 15.4. The van der Waals surface area contributed by atoms with Crippen LogP contribution in [0.5, 0.6) is 0 Å². The van der Waals surface area contributed by atoms with E-state index in [9.17, 15) is 4.79 Å². The molecule has 1 aromatic heterocycles. The number of imidazole rings is 1. The van der Waals surface area contributed by atoms with Gasteiger partial charge in [-0.25, -0.2) is 4.98 Å². The number of aromatic amines is 1. The third-order valence-electron chi connectivity index (χ3n) is 3.88. The average Bonchev–Trinajstić information content (AvgIpc) is 3.00. The van der Waals surface area contributed by atoms with Gasteiger partial charge in [-0.1, -0.05) is 13.8 Å². The lowest BCUT2D eigenvalue weighted by Gasteiger charge is -2.40. The fourth-order valence-corrected chi connectivity index (χ4v) is 3.39. The van der Waals surface area contributed by atoms with Crippen LogP contribution in [-0.4, -0.2) is 63.9 Å². The van der Waals surface area contributed by atoms with Crippen molar-refractivity contribution < 1.29 is 4.79 Å². The molecular weight excluding hydrogens is 272 g/mol. The first-order valence-corrected chi connectivity index (χ1v) is 8.57. The third kappa shape index (κ3) is 3.35. The van der Waals surface area contributed by atoms with E-state index in [0.29, 0.717) is 0 Å². The number of thioether (sulfide) groups is 1. The number of nitrogens with one attached hydrogen (secondary N) is 1. The Hall–Kier alpha value is -1.01. The van der Waals surface area contributed by atoms with E-state index < -0.39 is 0 Å². The molecule has 0 radical (unpaired) electrons. The second-order valence-corrected chi connectivity index (χ2v) is 6.17. The Morgan fingerprint density at radius 1 is 1.60 bits per heavy atom. The molecular formula is C14H24N4OS. The molecule has 2 rings (SSSR count). The molecule has 5 nitrogen and oxygen atoms in total. The Morgan fingerprint density at radius 2 is 2.40 bits per heavy atom. The van der Waals surface area contributed by atoms with Crippen LogP contribution < -0.4 is 0 Å². The summed E-state index contributed by atoms with van der Waals surface area (Å²) in [4.78, 5) is 24.4. The molecule has 1 aliphatic heterocycles. The molecule has 1 aromatic rings. The Bertz CT molecular complexity index is 423. The van der Waals surface area contributed by atoms with Gasteiger partial charge in [-0.3, -0.25) is 9.69 Å². The summed E-state index contributed by atoms with van der Waals surface area (Å²) in [6.07, 6.45) is 5.67. The van der Waals surface area contributed by atoms with E-state index >= 15 is 0 Å². The van der Waals surface area contributed by atoms with Crippen LogP contribution in [0.4, 0.5) is 0 Å². The summed E-state index contributed by atoms with van der Waals surface area (Å²) in [5, 5.41) is 0. The van der Waals surface area contributed by atoms with Gasteiger partial charge in [0.15, 0.2) is 0 Å². The van der Waals surface area contributed by atoms with E-state index in [4.69, 9.17) is 0 Å². The summed E-state index contributed by atoms with van der Waals surface area (Å²) in [5.74, 6) is 2.21. The highest BCUT2D eigenvalue weighted by atomic mass is 32.2. The molecule has 20 heavy (non-hydrogen) atoms. The zero-order valence-electron chi connectivity index (χ0n) is 12.5. The van der Waals surface area contributed by atoms with E-state index in [-0.39, 0.29) is 17.9 Å². The summed E-state index contributed by atoms with van der Waals surface area (Å²) in [6, 6.07) is 0.189. The number of rotatable bonds is 5. The van der Waals surface area contributed by atoms with Crippen LogP contribution in [0.3, 0.4) is 0 Å². The van der Waals surface area contributed by atoms with Crippen molar-refractivity contribution in [2.75, 3.05) is 38.2 Å². The van der Waals surface area contributed by atoms with Gasteiger partial charge in [0.1, 0.15) is 5.82 Å². The number of hydrogen-bond donors (Lipinski definition) is 1. The summed E-state index contributed by atoms with van der Waals surface area (Å²) < 4.78 is 0. The molecule has 0 spiro atoms. The molecule has 112 valence electrons. The zero-order chi connectivity index (χ0) is 14.5. The van der Waals surface area contributed by atoms with E-state index in [0.717, 1.165) is 37.8 Å². The predicted octanol–water partition coefficient (Wildman–Crippen LogP) is 1.61. The first-order chi connectivity index (χ1) is 9.67. The molecule has 1 fully saturated rings. The van der Waals surface area contributed by atoms with Gasteiger partial charge in [0.2, 0.25) is 5.91 Å². The second-order valence-electron chi connectivity index (χ2n) is 5.26. The van der Waals surface area contributed by atoms with Gasteiger partial charge >= 0.3 is 0 Å². The third-order valence-corrected chi connectivity index (χ3v) is 4.72. The number of aromatic nitrogens is 2. The number of likely N-dealkylation sites (N-methyl/N-ethyl adjacent to an activating group) is 1. The monoisotopic (exact) mass is 296 g/mol. The lowest BCUT2D eigenvalue weighted by molar-refractivity contribution is -0.137. The molecule has 0 bridgehead atoms. The molecule has 2 heterocycles. The average molecular weight is 296 g/mol. The van der Waals surface area contributed by atoms with Crippen LogP contribution in [-0.2, 0) is 4.79 Å². The van der Waals surface area contributed by atoms with Crippen molar-refractivity contribution in [1.82, 2.24) is 19.8 Å². The van der Waals surface area contributed by atoms with Gasteiger partial charge in [-0.15, -0.1) is 0 Å². The SMILES string of the molecule is CCN1CCN(C(=O)[C@H](C)CSC)C[C@@H]1c1ncc[nH]1. The fourth-order valence-electron chi connectivity index (χ4n) is 2.75. The van der Waals surface area contributed by atoms with Crippen molar-refractivity contribution in [1.29, 1.82) is 0 Å². The van der Waals surface area contributed by atoms with Crippen molar-refractivity contribution in [3.05, 3.63) is 18.2 Å². The van der Waals surface area contributed by atoms with Gasteiger partial charge in [0.25, 0.3) is 0 Å². The Morgan fingerprint density at radius 3 is 3.00 bits per heavy atom. The fraction of sp³-hybridized carbons (Fsp3) is 0.714. The van der Waals surface area contributed by atoms with Crippen molar-refractivity contribution in [3.63, 3.8) is 0 Å². The number of carbonyl (C=O) groups is 1. The summed E-state index contributed by atoms with van der Waals surface area (Å²) in [6.45, 7) is 7.63. The first-order valence-electron chi connectivity index (χ1n) is 7.18. The van der Waals surface area contributed by atoms with Gasteiger partial charge < -0.3 is 9.88 Å². The molecule has 1 aliphatic rings. The smallest absolute Gasteiger partial charge is 0.226 e. The molecule has 1 N–H and O–H groups in total. The zero-order valence-corrected chi connectivity index (χ0v) is 13.3. The molecule has 1 amide bonds. The van der Waals surface area contributed by atoms with E-state index in [1.165, 1.54) is 0 Å². The normalized spacial score (nSPS) is 21.9. The standard InChI is InChI=1S/C14H24N4OS/c1-4-17-7-8-18(14(19)11(2)10-20-3)9-12(17)13-15-5-6-16-13/h5-6,11-12H,4,7-10H2,1-3H3,(H,15,16)/t11-,12-/m1/s1. The molecule has 2 atom stereocenters. The van der Waals surface area contributed by atoms with Crippen LogP contribution in [0.25, 0.3) is 0 Å². The lowest BCUT2D eigenvalue weighted by atomic mass is 10.1. The van der Waals surface area contributed by atoms with Crippen LogP contribution in [0, 0.1) is 5.92 Å². The highest BCUT2D eigenvalue weighted by Gasteiger charge is 2.32. The molecule has 1 saturated heterocycles. The summed E-state index contributed by atoms with van der Waals surface area (Å²) in [7, 11) is 0. The minimum atomic E-state index is 0.0930. The largest absolute Gasteiger partial charge is 0.347 e. The van der Waals surface area contributed by atoms with E-state index in [2.05, 4.69) is 21.8 Å². The Balaban J connectivity index is 2.06. The molecule has 6 heteroatoms. The maximum Gasteiger partial charge on any atom is 0.226 e. The highest BCUT2D eigenvalue weighted by Crippen LogP contribution is 2.23. The number of hydrogen-bond acceptors (Lipinski definition) is 4. The number of amides is 1. The van der Waals surface area contributed by atoms with E-state index in [1.807, 2.05) is 24.3 Å². The highest BCUT2D eigenvalue weighted by molar-refractivity contribution is 7.98. The number of piperazine rings is 1. The van der Waals surface area contributed by atoms with Gasteiger partial charge in [-0.05, 0) is 12.8 Å². The lowest BCUT2D eigenvalue weighted by Crippen LogP contribution is -2.52. The number of nitrogens with zero attached hydrogens (tertiary/aromatic N) is 3. The minimum Gasteiger partial charge on any atom is -0.347 e. The van der Waals surface area contributed by atoms with Crippen LogP contribution >= 0.6 is 11.8 Å². The topological polar surface area (TPSA) is 52.2 Å². The van der Waals surface area contributed by atoms with Crippen molar-refractivity contribution in [2.24, 2.45) is 5.92 Å². The van der Waals surface area contributed by atoms with E-state index in [1.54, 1.807) is 18.0 Å². The quantitative estimate of drug-likeness (QED) is 0.897. The van der Waals surface area contributed by atoms with Crippen LogP contribution in [0.2, 0.25) is 0 Å². The molecule has 0 saturated carbocycles. The van der Waals surface area contributed by atoms with Crippen LogP contribution in [0.1, 0.15) is 25.7 Å². The molecule has 0 unspecified atom stereocenters. The molecule has 0 aliphatic carbocycles. The summed E-state index contributed by atoms with van der Waals surface area (Å²) in [5.41, 5.74) is 0. The van der Waals surface area contributed by atoms with Gasteiger partial charge in [0, 0.05) is 43.7 Å². The number of carbonyl (C=O) groups excluding carboxylic acids is 1. The van der Waals surface area contributed by atoms with Crippen LogP contribution in [0.15, 0.2) is 12.4 Å².